The Balaban J connectivity index is 2.09. The van der Waals surface area contributed by atoms with Gasteiger partial charge in [0, 0.05) is 5.92 Å². The van der Waals surface area contributed by atoms with Crippen LogP contribution in [0.1, 0.15) is 20.3 Å². The van der Waals surface area contributed by atoms with Crippen LogP contribution >= 0.6 is 0 Å². The number of esters is 1. The summed E-state index contributed by atoms with van der Waals surface area (Å²) >= 11 is 0. The molecule has 2 nitrogen and oxygen atoms in total. The highest BCUT2D eigenvalue weighted by Crippen LogP contribution is 2.31. The van der Waals surface area contributed by atoms with Gasteiger partial charge in [-0.2, -0.15) is 0 Å². The summed E-state index contributed by atoms with van der Waals surface area (Å²) in [6, 6.07) is 0. The standard InChI is InChI=1S/C8H12O2/c1-3-10-8(9)5-7-4-6(7)2/h4,7H,3,5H2,1-2H3. The van der Waals surface area contributed by atoms with E-state index in [0.29, 0.717) is 18.9 Å². The maximum atomic E-state index is 10.8. The molecule has 0 radical (unpaired) electrons. The molecule has 1 aliphatic rings. The zero-order chi connectivity index (χ0) is 7.56. The predicted molar refractivity (Wildman–Crippen MR) is 38.5 cm³/mol. The molecule has 0 aromatic heterocycles. The van der Waals surface area contributed by atoms with Crippen LogP contribution in [0.3, 0.4) is 0 Å². The number of allylic oxidation sites excluding steroid dienone is 2. The summed E-state index contributed by atoms with van der Waals surface area (Å²) in [5, 5.41) is 0. The zero-order valence-corrected chi connectivity index (χ0v) is 6.39. The first-order valence-corrected chi connectivity index (χ1v) is 3.58. The van der Waals surface area contributed by atoms with E-state index >= 15 is 0 Å². The van der Waals surface area contributed by atoms with Crippen molar-refractivity contribution < 1.29 is 9.53 Å². The van der Waals surface area contributed by atoms with Crippen LogP contribution in [0.25, 0.3) is 0 Å². The van der Waals surface area contributed by atoms with Gasteiger partial charge in [0.1, 0.15) is 0 Å². The number of rotatable bonds is 3. The van der Waals surface area contributed by atoms with Crippen LogP contribution in [0, 0.1) is 5.92 Å². The fraction of sp³-hybridized carbons (Fsp3) is 0.625. The third-order valence-electron chi connectivity index (χ3n) is 1.63. The van der Waals surface area contributed by atoms with Crippen molar-refractivity contribution >= 4 is 5.97 Å². The quantitative estimate of drug-likeness (QED) is 0.439. The average Bonchev–Trinajstić information content (AvgIpc) is 2.47. The minimum absolute atomic E-state index is 0.0828. The minimum atomic E-state index is -0.0828. The highest BCUT2D eigenvalue weighted by Gasteiger charge is 2.23. The fourth-order valence-electron chi connectivity index (χ4n) is 0.889. The monoisotopic (exact) mass is 140 g/mol. The van der Waals surface area contributed by atoms with Crippen molar-refractivity contribution in [3.63, 3.8) is 0 Å². The summed E-state index contributed by atoms with van der Waals surface area (Å²) in [6.07, 6.45) is 2.62. The number of carbonyl (C=O) groups excluding carboxylic acids is 1. The van der Waals surface area contributed by atoms with Crippen LogP contribution in [0.2, 0.25) is 0 Å². The lowest BCUT2D eigenvalue weighted by atomic mass is 10.2. The molecule has 10 heavy (non-hydrogen) atoms. The van der Waals surface area contributed by atoms with Gasteiger partial charge in [0.25, 0.3) is 0 Å². The van der Waals surface area contributed by atoms with Gasteiger partial charge >= 0.3 is 5.97 Å². The zero-order valence-electron chi connectivity index (χ0n) is 6.39. The number of hydrogen-bond acceptors (Lipinski definition) is 2. The molecule has 0 saturated heterocycles. The summed E-state index contributed by atoms with van der Waals surface area (Å²) in [5.74, 6) is 0.333. The Morgan fingerprint density at radius 3 is 2.80 bits per heavy atom. The summed E-state index contributed by atoms with van der Waals surface area (Å²) in [6.45, 7) is 4.35. The molecule has 0 aromatic carbocycles. The van der Waals surface area contributed by atoms with Gasteiger partial charge < -0.3 is 4.74 Å². The summed E-state index contributed by atoms with van der Waals surface area (Å²) in [7, 11) is 0. The van der Waals surface area contributed by atoms with Crippen LogP contribution in [0.5, 0.6) is 0 Å². The van der Waals surface area contributed by atoms with Crippen molar-refractivity contribution in [3.05, 3.63) is 11.6 Å². The van der Waals surface area contributed by atoms with Crippen LogP contribution in [0.15, 0.2) is 11.6 Å². The predicted octanol–water partition coefficient (Wildman–Crippen LogP) is 1.52. The third kappa shape index (κ3) is 1.87. The molecule has 0 bridgehead atoms. The van der Waals surface area contributed by atoms with E-state index in [1.807, 2.05) is 13.8 Å². The Morgan fingerprint density at radius 1 is 1.80 bits per heavy atom. The SMILES string of the molecule is CCOC(=O)CC1C=C1C. The second-order valence-electron chi connectivity index (χ2n) is 2.53. The van der Waals surface area contributed by atoms with Crippen LogP contribution in [-0.4, -0.2) is 12.6 Å². The van der Waals surface area contributed by atoms with Gasteiger partial charge in [-0.15, -0.1) is 0 Å². The molecule has 2 heteroatoms. The normalized spacial score (nSPS) is 21.8. The van der Waals surface area contributed by atoms with Gasteiger partial charge in [-0.3, -0.25) is 4.79 Å². The lowest BCUT2D eigenvalue weighted by Crippen LogP contribution is -2.04. The molecular formula is C8H12O2. The molecule has 0 fully saturated rings. The molecule has 0 spiro atoms. The molecule has 0 aliphatic heterocycles. The maximum absolute atomic E-state index is 10.8. The number of carbonyl (C=O) groups is 1. The molecule has 1 unspecified atom stereocenters. The third-order valence-corrected chi connectivity index (χ3v) is 1.63. The van der Waals surface area contributed by atoms with Gasteiger partial charge in [0.15, 0.2) is 0 Å². The van der Waals surface area contributed by atoms with E-state index in [2.05, 4.69) is 6.08 Å². The molecular weight excluding hydrogens is 128 g/mol. The molecule has 56 valence electrons. The van der Waals surface area contributed by atoms with E-state index in [-0.39, 0.29) is 5.97 Å². The van der Waals surface area contributed by atoms with E-state index in [4.69, 9.17) is 4.74 Å². The lowest BCUT2D eigenvalue weighted by molar-refractivity contribution is -0.143. The van der Waals surface area contributed by atoms with E-state index in [9.17, 15) is 4.79 Å². The van der Waals surface area contributed by atoms with Crippen LogP contribution in [-0.2, 0) is 9.53 Å². The van der Waals surface area contributed by atoms with Gasteiger partial charge in [-0.1, -0.05) is 11.6 Å². The smallest absolute Gasteiger partial charge is 0.306 e. The summed E-state index contributed by atoms with van der Waals surface area (Å²) < 4.78 is 4.77. The Morgan fingerprint density at radius 2 is 2.40 bits per heavy atom. The molecule has 1 aliphatic carbocycles. The molecule has 0 N–H and O–H groups in total. The Labute approximate surface area is 60.9 Å². The molecule has 0 heterocycles. The van der Waals surface area contributed by atoms with Crippen molar-refractivity contribution in [1.82, 2.24) is 0 Å². The van der Waals surface area contributed by atoms with E-state index in [1.165, 1.54) is 5.57 Å². The van der Waals surface area contributed by atoms with E-state index < -0.39 is 0 Å². The first kappa shape index (κ1) is 7.32. The van der Waals surface area contributed by atoms with Crippen LogP contribution in [0.4, 0.5) is 0 Å². The maximum Gasteiger partial charge on any atom is 0.306 e. The fourth-order valence-corrected chi connectivity index (χ4v) is 0.889. The van der Waals surface area contributed by atoms with E-state index in [1.54, 1.807) is 0 Å². The average molecular weight is 140 g/mol. The number of ether oxygens (including phenoxy) is 1. The summed E-state index contributed by atoms with van der Waals surface area (Å²) in [5.41, 5.74) is 1.31. The molecule has 0 saturated carbocycles. The van der Waals surface area contributed by atoms with Gasteiger partial charge in [0.05, 0.1) is 13.0 Å². The largest absolute Gasteiger partial charge is 0.466 e. The van der Waals surface area contributed by atoms with Crippen molar-refractivity contribution in [2.45, 2.75) is 20.3 Å². The van der Waals surface area contributed by atoms with Crippen molar-refractivity contribution in [2.75, 3.05) is 6.61 Å². The summed E-state index contributed by atoms with van der Waals surface area (Å²) in [4.78, 5) is 10.8. The van der Waals surface area contributed by atoms with Crippen molar-refractivity contribution in [3.8, 4) is 0 Å². The second kappa shape index (κ2) is 2.86. The first-order chi connectivity index (χ1) is 4.74. The molecule has 0 amide bonds. The molecule has 1 atom stereocenters. The minimum Gasteiger partial charge on any atom is -0.466 e. The van der Waals surface area contributed by atoms with Gasteiger partial charge in [-0.05, 0) is 13.8 Å². The highest BCUT2D eigenvalue weighted by molar-refractivity contribution is 5.71. The molecule has 1 rings (SSSR count). The van der Waals surface area contributed by atoms with E-state index in [0.717, 1.165) is 0 Å². The highest BCUT2D eigenvalue weighted by atomic mass is 16.5. The lowest BCUT2D eigenvalue weighted by Gasteiger charge is -1.99. The van der Waals surface area contributed by atoms with Crippen LogP contribution < -0.4 is 0 Å². The van der Waals surface area contributed by atoms with Gasteiger partial charge in [-0.25, -0.2) is 0 Å². The first-order valence-electron chi connectivity index (χ1n) is 3.58. The number of hydrogen-bond donors (Lipinski definition) is 0. The van der Waals surface area contributed by atoms with Crippen molar-refractivity contribution in [1.29, 1.82) is 0 Å². The van der Waals surface area contributed by atoms with Gasteiger partial charge in [0.2, 0.25) is 0 Å². The Hall–Kier alpha value is -0.790. The topological polar surface area (TPSA) is 26.3 Å². The van der Waals surface area contributed by atoms with Crippen molar-refractivity contribution in [2.24, 2.45) is 5.92 Å². The Bertz CT molecular complexity index is 170. The molecule has 0 aromatic rings. The second-order valence-corrected chi connectivity index (χ2v) is 2.53. The Kier molecular flexibility index (Phi) is 2.10.